The number of aryl methyl sites for hydroxylation is 1. The number of rotatable bonds is 4. The van der Waals surface area contributed by atoms with Crippen LogP contribution in [0.5, 0.6) is 5.75 Å². The van der Waals surface area contributed by atoms with E-state index in [1.165, 1.54) is 24.3 Å². The van der Waals surface area contributed by atoms with E-state index in [9.17, 15) is 14.0 Å². The Hall–Kier alpha value is -3.55. The van der Waals surface area contributed by atoms with Gasteiger partial charge in [0.15, 0.2) is 0 Å². The number of carbonyl (C=O) groups is 2. The highest BCUT2D eigenvalue weighted by atomic mass is 19.1. The maximum Gasteiger partial charge on any atom is 0.314 e. The predicted molar refractivity (Wildman–Crippen MR) is 105 cm³/mol. The molecular weight excluding hydrogens is 389 g/mol. The molecule has 0 N–H and O–H groups in total. The number of esters is 1. The highest BCUT2D eigenvalue weighted by Crippen LogP contribution is 2.23. The fourth-order valence-corrected chi connectivity index (χ4v) is 3.38. The van der Waals surface area contributed by atoms with Crippen LogP contribution < -0.4 is 4.74 Å². The van der Waals surface area contributed by atoms with Crippen LogP contribution in [0.2, 0.25) is 0 Å². The number of hydrogen-bond acceptors (Lipinski definition) is 6. The molecule has 4 rings (SSSR count). The smallest absolute Gasteiger partial charge is 0.314 e. The van der Waals surface area contributed by atoms with Crippen LogP contribution in [0.15, 0.2) is 53.1 Å². The van der Waals surface area contributed by atoms with Gasteiger partial charge >= 0.3 is 5.97 Å². The third-order valence-electron chi connectivity index (χ3n) is 5.07. The third kappa shape index (κ3) is 4.37. The molecule has 30 heavy (non-hydrogen) atoms. The number of carbonyl (C=O) groups excluding carboxylic acids is 2. The summed E-state index contributed by atoms with van der Waals surface area (Å²) in [6, 6.07) is 12.4. The van der Waals surface area contributed by atoms with Gasteiger partial charge in [0.2, 0.25) is 11.7 Å². The average Bonchev–Trinajstić information content (AvgIpc) is 3.21. The molecule has 0 atom stereocenters. The summed E-state index contributed by atoms with van der Waals surface area (Å²) in [5, 5.41) is 3.87. The van der Waals surface area contributed by atoms with Crippen LogP contribution in [-0.2, 0) is 4.79 Å². The van der Waals surface area contributed by atoms with Gasteiger partial charge in [-0.05, 0) is 49.2 Å². The maximum atomic E-state index is 13.0. The van der Waals surface area contributed by atoms with E-state index >= 15 is 0 Å². The number of aromatic nitrogens is 2. The Balaban J connectivity index is 1.32. The molecule has 0 radical (unpaired) electrons. The van der Waals surface area contributed by atoms with Crippen LogP contribution in [0.4, 0.5) is 4.39 Å². The van der Waals surface area contributed by atoms with Gasteiger partial charge in [-0.2, -0.15) is 4.98 Å². The van der Waals surface area contributed by atoms with Crippen molar-refractivity contribution in [2.75, 3.05) is 13.1 Å². The zero-order valence-electron chi connectivity index (χ0n) is 16.4. The van der Waals surface area contributed by atoms with Crippen molar-refractivity contribution >= 4 is 11.9 Å². The quantitative estimate of drug-likeness (QED) is 0.483. The lowest BCUT2D eigenvalue weighted by atomic mass is 9.96. The van der Waals surface area contributed by atoms with Gasteiger partial charge in [0.1, 0.15) is 11.6 Å². The summed E-state index contributed by atoms with van der Waals surface area (Å²) >= 11 is 0. The van der Waals surface area contributed by atoms with E-state index in [0.717, 1.165) is 5.56 Å². The Bertz CT molecular complexity index is 1040. The van der Waals surface area contributed by atoms with Gasteiger partial charge in [-0.15, -0.1) is 0 Å². The summed E-state index contributed by atoms with van der Waals surface area (Å²) in [6.07, 6.45) is 1.04. The van der Waals surface area contributed by atoms with Crippen molar-refractivity contribution in [3.05, 3.63) is 65.8 Å². The molecule has 0 bridgehead atoms. The van der Waals surface area contributed by atoms with Gasteiger partial charge in [0, 0.05) is 31.1 Å². The van der Waals surface area contributed by atoms with E-state index in [1.807, 2.05) is 0 Å². The second-order valence-electron chi connectivity index (χ2n) is 7.16. The normalized spacial score (nSPS) is 14.5. The van der Waals surface area contributed by atoms with Crippen molar-refractivity contribution in [1.29, 1.82) is 0 Å². The monoisotopic (exact) mass is 409 g/mol. The molecule has 0 unspecified atom stereocenters. The molecule has 0 saturated carbocycles. The Morgan fingerprint density at radius 3 is 2.33 bits per heavy atom. The van der Waals surface area contributed by atoms with Gasteiger partial charge in [-0.25, -0.2) is 4.39 Å². The molecule has 2 aromatic carbocycles. The van der Waals surface area contributed by atoms with Crippen molar-refractivity contribution < 1.29 is 23.2 Å². The molecule has 1 saturated heterocycles. The van der Waals surface area contributed by atoms with Crippen molar-refractivity contribution in [3.63, 3.8) is 0 Å². The summed E-state index contributed by atoms with van der Waals surface area (Å²) in [5.74, 6) is 0.157. The summed E-state index contributed by atoms with van der Waals surface area (Å²) in [5.41, 5.74) is 1.33. The Kier molecular flexibility index (Phi) is 5.56. The van der Waals surface area contributed by atoms with Crippen LogP contribution in [0.25, 0.3) is 11.4 Å². The lowest BCUT2D eigenvalue weighted by Crippen LogP contribution is -2.41. The molecule has 2 heterocycles. The van der Waals surface area contributed by atoms with Gasteiger partial charge in [-0.1, -0.05) is 17.3 Å². The molecule has 0 spiro atoms. The molecule has 0 aliphatic carbocycles. The minimum absolute atomic E-state index is 0.0869. The van der Waals surface area contributed by atoms with Crippen molar-refractivity contribution in [1.82, 2.24) is 15.0 Å². The average molecular weight is 409 g/mol. The zero-order chi connectivity index (χ0) is 21.1. The predicted octanol–water partition coefficient (Wildman–Crippen LogP) is 3.64. The Morgan fingerprint density at radius 2 is 1.73 bits per heavy atom. The number of piperidine rings is 1. The molecular formula is C22H20FN3O4. The molecule has 154 valence electrons. The van der Waals surface area contributed by atoms with Gasteiger partial charge < -0.3 is 14.2 Å². The Labute approximate surface area is 172 Å². The van der Waals surface area contributed by atoms with Crippen molar-refractivity contribution in [2.45, 2.75) is 19.8 Å². The first-order chi connectivity index (χ1) is 14.5. The molecule has 8 heteroatoms. The van der Waals surface area contributed by atoms with Crippen LogP contribution >= 0.6 is 0 Å². The van der Waals surface area contributed by atoms with Crippen molar-refractivity contribution in [3.8, 4) is 17.1 Å². The summed E-state index contributed by atoms with van der Waals surface area (Å²) in [4.78, 5) is 31.0. The fraction of sp³-hybridized carbons (Fsp3) is 0.273. The van der Waals surface area contributed by atoms with E-state index < -0.39 is 0 Å². The molecule has 1 amide bonds. The fourth-order valence-electron chi connectivity index (χ4n) is 3.38. The number of hydrogen-bond donors (Lipinski definition) is 0. The molecule has 1 aromatic heterocycles. The number of nitrogens with zero attached hydrogens (tertiary/aromatic N) is 3. The SMILES string of the molecule is Cc1nc(-c2ccc(C(=O)N3CCC(C(=O)Oc4ccc(F)cc4)CC3)cc2)no1. The summed E-state index contributed by atoms with van der Waals surface area (Å²) in [7, 11) is 0. The minimum atomic E-state index is -0.387. The first-order valence-electron chi connectivity index (χ1n) is 9.67. The van der Waals surface area contributed by atoms with Crippen LogP contribution in [0.3, 0.4) is 0 Å². The maximum absolute atomic E-state index is 13.0. The van der Waals surface area contributed by atoms with Crippen molar-refractivity contribution in [2.24, 2.45) is 5.92 Å². The molecule has 7 nitrogen and oxygen atoms in total. The second kappa shape index (κ2) is 8.44. The number of likely N-dealkylation sites (tertiary alicyclic amines) is 1. The van der Waals surface area contributed by atoms with Gasteiger partial charge in [-0.3, -0.25) is 9.59 Å². The topological polar surface area (TPSA) is 85.5 Å². The number of halogens is 1. The van der Waals surface area contributed by atoms with E-state index in [4.69, 9.17) is 9.26 Å². The third-order valence-corrected chi connectivity index (χ3v) is 5.07. The molecule has 1 fully saturated rings. The standard InChI is InChI=1S/C22H20FN3O4/c1-14-24-20(25-30-14)15-2-4-16(5-3-15)21(27)26-12-10-17(11-13-26)22(28)29-19-8-6-18(23)7-9-19/h2-9,17H,10-13H2,1H3. The number of amides is 1. The highest BCUT2D eigenvalue weighted by molar-refractivity contribution is 5.94. The Morgan fingerprint density at radius 1 is 1.07 bits per heavy atom. The van der Waals surface area contributed by atoms with Crippen LogP contribution in [0, 0.1) is 18.7 Å². The zero-order valence-corrected chi connectivity index (χ0v) is 16.4. The molecule has 3 aromatic rings. The largest absolute Gasteiger partial charge is 0.426 e. The van der Waals surface area contributed by atoms with E-state index in [0.29, 0.717) is 49.0 Å². The second-order valence-corrected chi connectivity index (χ2v) is 7.16. The van der Waals surface area contributed by atoms with Crippen LogP contribution in [-0.4, -0.2) is 40.0 Å². The summed E-state index contributed by atoms with van der Waals surface area (Å²) < 4.78 is 23.2. The number of ether oxygens (including phenoxy) is 1. The minimum Gasteiger partial charge on any atom is -0.426 e. The first kappa shape index (κ1) is 19.8. The van der Waals surface area contributed by atoms with E-state index in [1.54, 1.807) is 36.1 Å². The summed E-state index contributed by atoms with van der Waals surface area (Å²) in [6.45, 7) is 2.65. The van der Waals surface area contributed by atoms with E-state index in [-0.39, 0.29) is 23.6 Å². The van der Waals surface area contributed by atoms with Gasteiger partial charge in [0.05, 0.1) is 5.92 Å². The number of benzene rings is 2. The van der Waals surface area contributed by atoms with E-state index in [2.05, 4.69) is 10.1 Å². The van der Waals surface area contributed by atoms with Gasteiger partial charge in [0.25, 0.3) is 5.91 Å². The lowest BCUT2D eigenvalue weighted by molar-refractivity contribution is -0.140. The lowest BCUT2D eigenvalue weighted by Gasteiger charge is -2.31. The highest BCUT2D eigenvalue weighted by Gasteiger charge is 2.29. The van der Waals surface area contributed by atoms with Crippen LogP contribution in [0.1, 0.15) is 29.1 Å². The molecule has 1 aliphatic rings. The first-order valence-corrected chi connectivity index (χ1v) is 9.67. The molecule has 1 aliphatic heterocycles.